The number of fused-ring (bicyclic) bond motifs is 2. The second-order valence-electron chi connectivity index (χ2n) is 7.54. The molecule has 1 fully saturated rings. The van der Waals surface area contributed by atoms with Gasteiger partial charge in [0.05, 0.1) is 21.2 Å². The second-order valence-corrected chi connectivity index (χ2v) is 8.35. The van der Waals surface area contributed by atoms with Crippen LogP contribution in [0.4, 0.5) is 0 Å². The van der Waals surface area contributed by atoms with Crippen LogP contribution in [0.25, 0.3) is 0 Å². The molecule has 3 aliphatic rings. The van der Waals surface area contributed by atoms with Crippen LogP contribution in [-0.4, -0.2) is 74.2 Å². The zero-order valence-corrected chi connectivity index (χ0v) is 18.6. The van der Waals surface area contributed by atoms with Gasteiger partial charge < -0.3 is 28.7 Å². The summed E-state index contributed by atoms with van der Waals surface area (Å²) >= 11 is 12.7. The van der Waals surface area contributed by atoms with Crippen molar-refractivity contribution in [2.24, 2.45) is 0 Å². The first-order valence-corrected chi connectivity index (χ1v) is 11.0. The highest BCUT2D eigenvalue weighted by atomic mass is 35.5. The number of hydrogen-bond acceptors (Lipinski definition) is 6. The summed E-state index contributed by atoms with van der Waals surface area (Å²) < 4.78 is 22.1. The standard InChI is InChI=1S/C22H20Cl2N2O6/c23-15-11-19-17(29-5-7-31-19)9-13(15)21(27)25-1-2-26(4-3-25)22(28)14-10-18-20(12-16(14)24)32-8-6-30-18/h9-12H,1-8H2. The minimum absolute atomic E-state index is 0.212. The fourth-order valence-corrected chi connectivity index (χ4v) is 4.38. The number of hydrogen-bond donors (Lipinski definition) is 0. The maximum atomic E-state index is 13.1. The first-order valence-electron chi connectivity index (χ1n) is 10.3. The van der Waals surface area contributed by atoms with E-state index in [4.69, 9.17) is 42.1 Å². The molecule has 0 radical (unpaired) electrons. The van der Waals surface area contributed by atoms with E-state index in [1.165, 1.54) is 0 Å². The van der Waals surface area contributed by atoms with Gasteiger partial charge in [-0.05, 0) is 12.1 Å². The highest BCUT2D eigenvalue weighted by Gasteiger charge is 2.29. The number of carbonyl (C=O) groups excluding carboxylic acids is 2. The third kappa shape index (κ3) is 3.89. The minimum atomic E-state index is -0.212. The number of piperazine rings is 1. The van der Waals surface area contributed by atoms with Crippen molar-refractivity contribution in [1.82, 2.24) is 9.80 Å². The average molecular weight is 479 g/mol. The SMILES string of the molecule is O=C(c1cc2c(cc1Cl)OCCO2)N1CCN(C(=O)c2cc3c(cc2Cl)OCCO3)CC1. The molecule has 0 unspecified atom stereocenters. The van der Waals surface area contributed by atoms with Crippen molar-refractivity contribution in [3.05, 3.63) is 45.4 Å². The van der Waals surface area contributed by atoms with Crippen LogP contribution in [0.15, 0.2) is 24.3 Å². The third-order valence-electron chi connectivity index (χ3n) is 5.58. The van der Waals surface area contributed by atoms with E-state index in [1.807, 2.05) is 0 Å². The van der Waals surface area contributed by atoms with Crippen molar-refractivity contribution in [2.45, 2.75) is 0 Å². The van der Waals surface area contributed by atoms with Crippen LogP contribution in [0.2, 0.25) is 10.0 Å². The van der Waals surface area contributed by atoms with Gasteiger partial charge in [0.2, 0.25) is 0 Å². The summed E-state index contributed by atoms with van der Waals surface area (Å²) in [6.07, 6.45) is 0. The van der Waals surface area contributed by atoms with Gasteiger partial charge in [-0.15, -0.1) is 0 Å². The van der Waals surface area contributed by atoms with Crippen molar-refractivity contribution < 1.29 is 28.5 Å². The van der Waals surface area contributed by atoms with E-state index in [2.05, 4.69) is 0 Å². The number of carbonyl (C=O) groups is 2. The van der Waals surface area contributed by atoms with Gasteiger partial charge in [-0.1, -0.05) is 23.2 Å². The Kier molecular flexibility index (Phi) is 5.65. The summed E-state index contributed by atoms with van der Waals surface area (Å²) in [6, 6.07) is 6.44. The van der Waals surface area contributed by atoms with E-state index >= 15 is 0 Å². The molecular weight excluding hydrogens is 459 g/mol. The molecule has 0 bridgehead atoms. The Bertz CT molecular complexity index is 999. The highest BCUT2D eigenvalue weighted by molar-refractivity contribution is 6.34. The lowest BCUT2D eigenvalue weighted by Crippen LogP contribution is -2.50. The quantitative estimate of drug-likeness (QED) is 0.659. The van der Waals surface area contributed by atoms with Gasteiger partial charge in [-0.25, -0.2) is 0 Å². The van der Waals surface area contributed by atoms with Crippen LogP contribution in [0.5, 0.6) is 23.0 Å². The maximum Gasteiger partial charge on any atom is 0.255 e. The Morgan fingerprint density at radius 1 is 0.594 bits per heavy atom. The van der Waals surface area contributed by atoms with Gasteiger partial charge in [-0.3, -0.25) is 9.59 Å². The summed E-state index contributed by atoms with van der Waals surface area (Å²) in [4.78, 5) is 29.5. The summed E-state index contributed by atoms with van der Waals surface area (Å²) in [5.41, 5.74) is 0.705. The zero-order valence-electron chi connectivity index (χ0n) is 17.1. The van der Waals surface area contributed by atoms with Gasteiger partial charge in [0.25, 0.3) is 11.8 Å². The van der Waals surface area contributed by atoms with E-state index < -0.39 is 0 Å². The Labute approximate surface area is 194 Å². The van der Waals surface area contributed by atoms with Crippen molar-refractivity contribution in [1.29, 1.82) is 0 Å². The number of ether oxygens (including phenoxy) is 4. The molecule has 0 spiro atoms. The van der Waals surface area contributed by atoms with E-state index in [0.29, 0.717) is 96.8 Å². The fourth-order valence-electron chi connectivity index (χ4n) is 3.91. The molecule has 8 nitrogen and oxygen atoms in total. The van der Waals surface area contributed by atoms with Crippen LogP contribution in [0.3, 0.4) is 0 Å². The molecule has 3 aliphatic heterocycles. The summed E-state index contributed by atoms with van der Waals surface area (Å²) in [5, 5.41) is 0.613. The van der Waals surface area contributed by atoms with Crippen LogP contribution in [-0.2, 0) is 0 Å². The van der Waals surface area contributed by atoms with Gasteiger partial charge in [0.15, 0.2) is 23.0 Å². The lowest BCUT2D eigenvalue weighted by molar-refractivity contribution is 0.0534. The monoisotopic (exact) mass is 478 g/mol. The lowest BCUT2D eigenvalue weighted by Gasteiger charge is -2.35. The molecule has 2 aromatic carbocycles. The molecular formula is C22H20Cl2N2O6. The molecule has 168 valence electrons. The van der Waals surface area contributed by atoms with E-state index in [0.717, 1.165) is 0 Å². The van der Waals surface area contributed by atoms with Crippen LogP contribution in [0.1, 0.15) is 20.7 Å². The van der Waals surface area contributed by atoms with Gasteiger partial charge >= 0.3 is 0 Å². The Morgan fingerprint density at radius 2 is 0.906 bits per heavy atom. The number of halogens is 2. The smallest absolute Gasteiger partial charge is 0.255 e. The van der Waals surface area contributed by atoms with E-state index in [9.17, 15) is 9.59 Å². The molecule has 0 N–H and O–H groups in total. The summed E-state index contributed by atoms with van der Waals surface area (Å²) in [5.74, 6) is 1.65. The second kappa shape index (κ2) is 8.60. The van der Waals surface area contributed by atoms with Crippen LogP contribution in [0, 0.1) is 0 Å². The Balaban J connectivity index is 1.27. The molecule has 0 aliphatic carbocycles. The molecule has 2 aromatic rings. The van der Waals surface area contributed by atoms with Crippen molar-refractivity contribution in [3.63, 3.8) is 0 Å². The molecule has 0 aromatic heterocycles. The summed E-state index contributed by atoms with van der Waals surface area (Å²) in [6.45, 7) is 3.22. The normalized spacial score (nSPS) is 17.2. The van der Waals surface area contributed by atoms with E-state index in [-0.39, 0.29) is 11.8 Å². The maximum absolute atomic E-state index is 13.1. The number of nitrogens with zero attached hydrogens (tertiary/aromatic N) is 2. The largest absolute Gasteiger partial charge is 0.486 e. The van der Waals surface area contributed by atoms with Crippen molar-refractivity contribution in [3.8, 4) is 23.0 Å². The molecule has 5 rings (SSSR count). The number of rotatable bonds is 2. The predicted molar refractivity (Wildman–Crippen MR) is 117 cm³/mol. The van der Waals surface area contributed by atoms with Crippen LogP contribution < -0.4 is 18.9 Å². The summed E-state index contributed by atoms with van der Waals surface area (Å²) in [7, 11) is 0. The lowest BCUT2D eigenvalue weighted by atomic mass is 10.1. The number of benzene rings is 2. The van der Waals surface area contributed by atoms with Gasteiger partial charge in [0, 0.05) is 38.3 Å². The molecule has 2 amide bonds. The Morgan fingerprint density at radius 3 is 1.25 bits per heavy atom. The molecule has 1 saturated heterocycles. The number of amides is 2. The molecule has 0 saturated carbocycles. The van der Waals surface area contributed by atoms with Crippen molar-refractivity contribution >= 4 is 35.0 Å². The van der Waals surface area contributed by atoms with Gasteiger partial charge in [0.1, 0.15) is 26.4 Å². The minimum Gasteiger partial charge on any atom is -0.486 e. The molecule has 0 atom stereocenters. The van der Waals surface area contributed by atoms with Crippen molar-refractivity contribution in [2.75, 3.05) is 52.6 Å². The van der Waals surface area contributed by atoms with E-state index in [1.54, 1.807) is 34.1 Å². The Hall–Kier alpha value is -2.84. The van der Waals surface area contributed by atoms with Gasteiger partial charge in [-0.2, -0.15) is 0 Å². The first kappa shape index (κ1) is 21.0. The first-order chi connectivity index (χ1) is 15.5. The molecule has 3 heterocycles. The predicted octanol–water partition coefficient (Wildman–Crippen LogP) is 3.13. The highest BCUT2D eigenvalue weighted by Crippen LogP contribution is 2.37. The zero-order chi connectivity index (χ0) is 22.2. The fraction of sp³-hybridized carbons (Fsp3) is 0.364. The topological polar surface area (TPSA) is 77.5 Å². The van der Waals surface area contributed by atoms with Crippen LogP contribution >= 0.6 is 23.2 Å². The molecule has 32 heavy (non-hydrogen) atoms. The average Bonchev–Trinajstić information content (AvgIpc) is 2.82. The molecule has 10 heteroatoms. The third-order valence-corrected chi connectivity index (χ3v) is 6.20.